The van der Waals surface area contributed by atoms with Gasteiger partial charge in [0.2, 0.25) is 17.7 Å². The zero-order valence-corrected chi connectivity index (χ0v) is 27.4. The molecule has 1 spiro atoms. The van der Waals surface area contributed by atoms with Crippen LogP contribution < -0.4 is 5.32 Å². The highest BCUT2D eigenvalue weighted by molar-refractivity contribution is 5.99. The van der Waals surface area contributed by atoms with Gasteiger partial charge in [0.05, 0.1) is 24.0 Å². The predicted octanol–water partition coefficient (Wildman–Crippen LogP) is 4.09. The summed E-state index contributed by atoms with van der Waals surface area (Å²) in [5, 5.41) is 12.4. The van der Waals surface area contributed by atoms with E-state index in [0.717, 1.165) is 18.4 Å². The predicted molar refractivity (Wildman–Crippen MR) is 174 cm³/mol. The lowest BCUT2D eigenvalue weighted by atomic mass is 9.70. The standard InChI is InChI=1S/C36H51N3O7/c1-5-8-18-29(41)45-24-27(26-16-11-9-12-17-26)37-33(42)30-28-19-20-36(46-28)31(30)34(43)39(22-13-10-14-23-40)32(36)35(44)38(21-7-3)25(4)15-6-2/h5,7,9,11-12,16-17,25,27-28,30-32,40H,1,3,6,8,10,13-15,18-24H2,2,4H3,(H,37,42)/t25?,27-,28-,30+,31+,32-,36+/m1/s1. The summed E-state index contributed by atoms with van der Waals surface area (Å²) < 4.78 is 12.2. The average molecular weight is 638 g/mol. The first-order valence-electron chi connectivity index (χ1n) is 16.9. The number of rotatable bonds is 19. The van der Waals surface area contributed by atoms with Gasteiger partial charge in [-0.25, -0.2) is 0 Å². The van der Waals surface area contributed by atoms with Gasteiger partial charge in [0, 0.05) is 32.2 Å². The van der Waals surface area contributed by atoms with E-state index >= 15 is 0 Å². The van der Waals surface area contributed by atoms with Crippen molar-refractivity contribution in [2.75, 3.05) is 26.3 Å². The molecule has 7 atom stereocenters. The maximum absolute atomic E-state index is 14.5. The van der Waals surface area contributed by atoms with Crippen LogP contribution in [0.5, 0.6) is 0 Å². The highest BCUT2D eigenvalue weighted by atomic mass is 16.5. The number of hydrogen-bond donors (Lipinski definition) is 2. The maximum atomic E-state index is 14.5. The number of hydrogen-bond acceptors (Lipinski definition) is 7. The molecule has 1 aromatic rings. The number of likely N-dealkylation sites (tertiary alicyclic amines) is 1. The van der Waals surface area contributed by atoms with E-state index in [1.54, 1.807) is 22.0 Å². The second-order valence-electron chi connectivity index (χ2n) is 12.8. The van der Waals surface area contributed by atoms with E-state index in [1.165, 1.54) is 0 Å². The summed E-state index contributed by atoms with van der Waals surface area (Å²) in [6, 6.07) is 7.75. The topological polar surface area (TPSA) is 125 Å². The van der Waals surface area contributed by atoms with Crippen LogP contribution in [0.15, 0.2) is 55.6 Å². The van der Waals surface area contributed by atoms with Crippen LogP contribution in [0.25, 0.3) is 0 Å². The molecule has 1 aromatic carbocycles. The normalized spacial score (nSPS) is 25.9. The van der Waals surface area contributed by atoms with Crippen molar-refractivity contribution in [3.05, 3.63) is 61.2 Å². The molecule has 0 saturated carbocycles. The molecule has 0 radical (unpaired) electrons. The summed E-state index contributed by atoms with van der Waals surface area (Å²) in [4.78, 5) is 58.8. The minimum absolute atomic E-state index is 0.0579. The molecule has 10 heteroatoms. The van der Waals surface area contributed by atoms with Crippen LogP contribution in [-0.4, -0.2) is 88.7 Å². The van der Waals surface area contributed by atoms with Crippen LogP contribution in [0.2, 0.25) is 0 Å². The molecule has 46 heavy (non-hydrogen) atoms. The fourth-order valence-corrected chi connectivity index (χ4v) is 7.54. The first kappa shape index (κ1) is 35.4. The van der Waals surface area contributed by atoms with Crippen molar-refractivity contribution >= 4 is 23.7 Å². The monoisotopic (exact) mass is 637 g/mol. The molecule has 252 valence electrons. The third-order valence-corrected chi connectivity index (χ3v) is 9.72. The number of nitrogens with one attached hydrogen (secondary N) is 1. The molecule has 0 aliphatic carbocycles. The Morgan fingerprint density at radius 2 is 1.96 bits per heavy atom. The first-order valence-corrected chi connectivity index (χ1v) is 16.9. The molecule has 3 saturated heterocycles. The largest absolute Gasteiger partial charge is 0.463 e. The summed E-state index contributed by atoms with van der Waals surface area (Å²) in [5.74, 6) is -2.74. The van der Waals surface area contributed by atoms with Gasteiger partial charge in [0.25, 0.3) is 0 Å². The Morgan fingerprint density at radius 3 is 2.63 bits per heavy atom. The van der Waals surface area contributed by atoms with Crippen molar-refractivity contribution in [1.82, 2.24) is 15.1 Å². The quantitative estimate of drug-likeness (QED) is 0.133. The van der Waals surface area contributed by atoms with Gasteiger partial charge in [-0.05, 0) is 57.4 Å². The van der Waals surface area contributed by atoms with Crippen LogP contribution in [0.3, 0.4) is 0 Å². The average Bonchev–Trinajstić information content (AvgIpc) is 3.70. The number of nitrogens with zero attached hydrogens (tertiary/aromatic N) is 2. The van der Waals surface area contributed by atoms with Crippen molar-refractivity contribution < 1.29 is 33.8 Å². The molecule has 3 aliphatic rings. The minimum atomic E-state index is -1.11. The smallest absolute Gasteiger partial charge is 0.306 e. The Kier molecular flexibility index (Phi) is 12.6. The Labute approximate surface area is 273 Å². The number of ether oxygens (including phenoxy) is 2. The number of benzene rings is 1. The van der Waals surface area contributed by atoms with Crippen LogP contribution in [0, 0.1) is 11.8 Å². The lowest BCUT2D eigenvalue weighted by Crippen LogP contribution is -2.58. The number of allylic oxidation sites excluding steroid dienone is 1. The third kappa shape index (κ3) is 7.39. The lowest BCUT2D eigenvalue weighted by Gasteiger charge is -2.39. The Bertz CT molecular complexity index is 1240. The molecule has 3 amide bonds. The van der Waals surface area contributed by atoms with Crippen LogP contribution in [0.4, 0.5) is 0 Å². The number of amides is 3. The molecule has 10 nitrogen and oxygen atoms in total. The van der Waals surface area contributed by atoms with E-state index in [9.17, 15) is 24.3 Å². The number of carbonyl (C=O) groups is 4. The van der Waals surface area contributed by atoms with E-state index in [0.29, 0.717) is 51.6 Å². The van der Waals surface area contributed by atoms with E-state index in [-0.39, 0.29) is 49.4 Å². The van der Waals surface area contributed by atoms with Gasteiger partial charge < -0.3 is 29.7 Å². The van der Waals surface area contributed by atoms with Gasteiger partial charge >= 0.3 is 5.97 Å². The van der Waals surface area contributed by atoms with Crippen LogP contribution in [-0.2, 0) is 28.7 Å². The number of unbranched alkanes of at least 4 members (excludes halogenated alkanes) is 2. The summed E-state index contributed by atoms with van der Waals surface area (Å²) in [5.41, 5.74) is -0.338. The summed E-state index contributed by atoms with van der Waals surface area (Å²) >= 11 is 0. The van der Waals surface area contributed by atoms with Crippen molar-refractivity contribution in [1.29, 1.82) is 0 Å². The van der Waals surface area contributed by atoms with Crippen LogP contribution >= 0.6 is 0 Å². The van der Waals surface area contributed by atoms with E-state index in [2.05, 4.69) is 25.4 Å². The fraction of sp³-hybridized carbons (Fsp3) is 0.611. The maximum Gasteiger partial charge on any atom is 0.306 e. The Morgan fingerprint density at radius 1 is 1.20 bits per heavy atom. The van der Waals surface area contributed by atoms with Gasteiger partial charge in [-0.3, -0.25) is 19.2 Å². The van der Waals surface area contributed by atoms with E-state index in [1.807, 2.05) is 37.3 Å². The zero-order valence-electron chi connectivity index (χ0n) is 27.4. The Balaban J connectivity index is 1.63. The summed E-state index contributed by atoms with van der Waals surface area (Å²) in [6.45, 7) is 12.3. The number of aliphatic hydroxyl groups excluding tert-OH is 1. The number of fused-ring (bicyclic) bond motifs is 1. The van der Waals surface area contributed by atoms with Crippen LogP contribution in [0.1, 0.15) is 83.2 Å². The third-order valence-electron chi connectivity index (χ3n) is 9.72. The van der Waals surface area contributed by atoms with Crippen molar-refractivity contribution in [2.24, 2.45) is 11.8 Å². The summed E-state index contributed by atoms with van der Waals surface area (Å²) in [6.07, 6.45) is 8.25. The van der Waals surface area contributed by atoms with Crippen molar-refractivity contribution in [3.63, 3.8) is 0 Å². The second-order valence-corrected chi connectivity index (χ2v) is 12.8. The SMILES string of the molecule is C=CCCC(=O)OC[C@@H](NC(=O)[C@@H]1[C@H]2C(=O)N(CCCCCO)[C@H](C(=O)N(CC=C)C(C)CCC)[C@]23CC[C@H]1O3)c1ccccc1. The minimum Gasteiger partial charge on any atom is -0.463 e. The number of esters is 1. The zero-order chi connectivity index (χ0) is 33.3. The molecule has 0 aromatic heterocycles. The van der Waals surface area contributed by atoms with E-state index in [4.69, 9.17) is 9.47 Å². The van der Waals surface area contributed by atoms with Crippen molar-refractivity contribution in [2.45, 2.75) is 101 Å². The molecule has 2 N–H and O–H groups in total. The molecule has 3 heterocycles. The molecule has 2 bridgehead atoms. The van der Waals surface area contributed by atoms with E-state index < -0.39 is 35.6 Å². The number of aliphatic hydroxyl groups is 1. The van der Waals surface area contributed by atoms with Crippen molar-refractivity contribution in [3.8, 4) is 0 Å². The van der Waals surface area contributed by atoms with Gasteiger partial charge in [-0.15, -0.1) is 13.2 Å². The van der Waals surface area contributed by atoms with Gasteiger partial charge in [0.15, 0.2) is 0 Å². The molecule has 1 unspecified atom stereocenters. The number of carbonyl (C=O) groups excluding carboxylic acids is 4. The van der Waals surface area contributed by atoms with Gasteiger partial charge in [-0.2, -0.15) is 0 Å². The molecule has 3 fully saturated rings. The second kappa shape index (κ2) is 16.4. The van der Waals surface area contributed by atoms with Gasteiger partial charge in [-0.1, -0.05) is 55.8 Å². The van der Waals surface area contributed by atoms with Gasteiger partial charge in [0.1, 0.15) is 18.2 Å². The molecule has 3 aliphatic heterocycles. The fourth-order valence-electron chi connectivity index (χ4n) is 7.54. The lowest BCUT2D eigenvalue weighted by molar-refractivity contribution is -0.149. The highest BCUT2D eigenvalue weighted by Gasteiger charge is 2.74. The summed E-state index contributed by atoms with van der Waals surface area (Å²) in [7, 11) is 0. The molecular formula is C36H51N3O7. The molecular weight excluding hydrogens is 586 g/mol. The molecule has 4 rings (SSSR count). The Hall–Kier alpha value is -3.50. The highest BCUT2D eigenvalue weighted by Crippen LogP contribution is 2.58. The first-order chi connectivity index (χ1) is 22.2.